The lowest BCUT2D eigenvalue weighted by Crippen LogP contribution is -2.15. The van der Waals surface area contributed by atoms with Crippen LogP contribution in [0.5, 0.6) is 0 Å². The van der Waals surface area contributed by atoms with Gasteiger partial charge >= 0.3 is 0 Å². The van der Waals surface area contributed by atoms with Gasteiger partial charge in [0.1, 0.15) is 0 Å². The number of hydrogen-bond acceptors (Lipinski definition) is 6. The molecule has 1 amide bonds. The predicted molar refractivity (Wildman–Crippen MR) is 112 cm³/mol. The molecular formula is C18H17ClN2O3S3. The lowest BCUT2D eigenvalue weighted by Gasteiger charge is -2.05. The molecular weight excluding hydrogens is 424 g/mol. The highest BCUT2D eigenvalue weighted by Gasteiger charge is 2.14. The van der Waals surface area contributed by atoms with Crippen LogP contribution in [-0.2, 0) is 20.4 Å². The van der Waals surface area contributed by atoms with Gasteiger partial charge in [0.2, 0.25) is 5.91 Å². The average Bonchev–Trinajstić information content (AvgIpc) is 3.24. The molecule has 0 bridgehead atoms. The Kier molecular flexibility index (Phi) is 6.64. The lowest BCUT2D eigenvalue weighted by molar-refractivity contribution is -0.116. The second-order valence-electron chi connectivity index (χ2n) is 5.87. The first-order valence-corrected chi connectivity index (χ1v) is 12.1. The SMILES string of the molecule is O=C(CCCS(=O)(=O)Cc1ccccc1)Nc1nc(-c2ccc(Cl)s2)cs1. The molecule has 0 radical (unpaired) electrons. The number of rotatable bonds is 8. The fourth-order valence-corrected chi connectivity index (χ4v) is 5.66. The number of sulfone groups is 1. The van der Waals surface area contributed by atoms with Crippen LogP contribution in [0.1, 0.15) is 18.4 Å². The van der Waals surface area contributed by atoms with Gasteiger partial charge in [0.05, 0.1) is 26.4 Å². The maximum absolute atomic E-state index is 12.2. The standard InChI is InChI=1S/C18H17ClN2O3S3/c19-16-9-8-15(26-16)14-11-25-18(20-14)21-17(22)7-4-10-27(23,24)12-13-5-2-1-3-6-13/h1-3,5-6,8-9,11H,4,7,10,12H2,(H,20,21,22). The number of carbonyl (C=O) groups excluding carboxylic acids is 1. The van der Waals surface area contributed by atoms with Gasteiger partial charge < -0.3 is 5.32 Å². The zero-order valence-corrected chi connectivity index (χ0v) is 17.4. The minimum Gasteiger partial charge on any atom is -0.302 e. The summed E-state index contributed by atoms with van der Waals surface area (Å²) in [6, 6.07) is 12.7. The molecule has 0 atom stereocenters. The maximum atomic E-state index is 12.2. The fraction of sp³-hybridized carbons (Fsp3) is 0.222. The van der Waals surface area contributed by atoms with Crippen molar-refractivity contribution in [2.75, 3.05) is 11.1 Å². The van der Waals surface area contributed by atoms with E-state index in [1.807, 2.05) is 29.6 Å². The first kappa shape index (κ1) is 20.0. The van der Waals surface area contributed by atoms with Crippen molar-refractivity contribution < 1.29 is 13.2 Å². The monoisotopic (exact) mass is 440 g/mol. The second-order valence-corrected chi connectivity index (χ2v) is 10.6. The molecule has 0 saturated carbocycles. The van der Waals surface area contributed by atoms with Crippen molar-refractivity contribution in [2.24, 2.45) is 0 Å². The van der Waals surface area contributed by atoms with Gasteiger partial charge in [0, 0.05) is 11.8 Å². The van der Waals surface area contributed by atoms with Crippen LogP contribution in [0.15, 0.2) is 47.8 Å². The third kappa shape index (κ3) is 6.14. The van der Waals surface area contributed by atoms with Crippen LogP contribution < -0.4 is 5.32 Å². The molecule has 3 rings (SSSR count). The van der Waals surface area contributed by atoms with Crippen LogP contribution >= 0.6 is 34.3 Å². The molecule has 2 heterocycles. The van der Waals surface area contributed by atoms with Crippen LogP contribution in [-0.4, -0.2) is 25.1 Å². The summed E-state index contributed by atoms with van der Waals surface area (Å²) in [5.41, 5.74) is 1.52. The van der Waals surface area contributed by atoms with Crippen molar-refractivity contribution in [3.63, 3.8) is 0 Å². The molecule has 142 valence electrons. The van der Waals surface area contributed by atoms with Crippen molar-refractivity contribution in [1.29, 1.82) is 0 Å². The van der Waals surface area contributed by atoms with E-state index in [0.717, 1.165) is 16.1 Å². The Hall–Kier alpha value is -1.74. The van der Waals surface area contributed by atoms with E-state index in [0.29, 0.717) is 9.47 Å². The molecule has 9 heteroatoms. The van der Waals surface area contributed by atoms with Crippen LogP contribution in [0.3, 0.4) is 0 Å². The van der Waals surface area contributed by atoms with Crippen LogP contribution in [0.4, 0.5) is 5.13 Å². The predicted octanol–water partition coefficient (Wildman–Crippen LogP) is 4.86. The van der Waals surface area contributed by atoms with Gasteiger partial charge in [0.25, 0.3) is 0 Å². The van der Waals surface area contributed by atoms with Gasteiger partial charge in [-0.3, -0.25) is 4.79 Å². The van der Waals surface area contributed by atoms with Gasteiger partial charge in [-0.2, -0.15) is 0 Å². The zero-order chi connectivity index (χ0) is 19.3. The highest BCUT2D eigenvalue weighted by atomic mass is 35.5. The third-order valence-corrected chi connectivity index (χ3v) is 7.36. The molecule has 0 aliphatic carbocycles. The van der Waals surface area contributed by atoms with E-state index >= 15 is 0 Å². The summed E-state index contributed by atoms with van der Waals surface area (Å²) < 4.78 is 25.0. The molecule has 2 aromatic heterocycles. The Morgan fingerprint density at radius 3 is 2.63 bits per heavy atom. The molecule has 0 aliphatic rings. The number of amides is 1. The van der Waals surface area contributed by atoms with E-state index in [1.54, 1.807) is 18.2 Å². The summed E-state index contributed by atoms with van der Waals surface area (Å²) in [6.07, 6.45) is 0.410. The number of benzene rings is 1. The zero-order valence-electron chi connectivity index (χ0n) is 14.2. The topological polar surface area (TPSA) is 76.1 Å². The fourth-order valence-electron chi connectivity index (χ4n) is 2.43. The Morgan fingerprint density at radius 1 is 1.15 bits per heavy atom. The molecule has 1 aromatic carbocycles. The van der Waals surface area contributed by atoms with Crippen molar-refractivity contribution in [2.45, 2.75) is 18.6 Å². The van der Waals surface area contributed by atoms with Crippen LogP contribution in [0.2, 0.25) is 4.34 Å². The summed E-state index contributed by atoms with van der Waals surface area (Å²) in [6.45, 7) is 0. The smallest absolute Gasteiger partial charge is 0.226 e. The molecule has 0 saturated heterocycles. The summed E-state index contributed by atoms with van der Waals surface area (Å²) in [4.78, 5) is 17.3. The van der Waals surface area contributed by atoms with E-state index < -0.39 is 9.84 Å². The van der Waals surface area contributed by atoms with Crippen molar-refractivity contribution >= 4 is 55.2 Å². The van der Waals surface area contributed by atoms with Crippen molar-refractivity contribution in [3.05, 3.63) is 57.7 Å². The quantitative estimate of drug-likeness (QED) is 0.542. The Labute approximate surface area is 171 Å². The average molecular weight is 441 g/mol. The summed E-state index contributed by atoms with van der Waals surface area (Å²) in [5, 5.41) is 5.06. The van der Waals surface area contributed by atoms with Crippen molar-refractivity contribution in [1.82, 2.24) is 4.98 Å². The number of nitrogens with zero attached hydrogens (tertiary/aromatic N) is 1. The van der Waals surface area contributed by atoms with E-state index in [2.05, 4.69) is 10.3 Å². The maximum Gasteiger partial charge on any atom is 0.226 e. The summed E-state index contributed by atoms with van der Waals surface area (Å²) in [5.74, 6) is -0.268. The lowest BCUT2D eigenvalue weighted by atomic mass is 10.2. The second kappa shape index (κ2) is 8.97. The molecule has 0 fully saturated rings. The normalized spacial score (nSPS) is 11.4. The van der Waals surface area contributed by atoms with Gasteiger partial charge in [-0.15, -0.1) is 22.7 Å². The van der Waals surface area contributed by atoms with E-state index in [-0.39, 0.29) is 30.3 Å². The Morgan fingerprint density at radius 2 is 1.93 bits per heavy atom. The van der Waals surface area contributed by atoms with Gasteiger partial charge in [-0.25, -0.2) is 13.4 Å². The van der Waals surface area contributed by atoms with E-state index in [9.17, 15) is 13.2 Å². The van der Waals surface area contributed by atoms with Gasteiger partial charge in [-0.05, 0) is 24.1 Å². The number of hydrogen-bond donors (Lipinski definition) is 1. The first-order valence-electron chi connectivity index (χ1n) is 8.17. The van der Waals surface area contributed by atoms with Gasteiger partial charge in [0.15, 0.2) is 15.0 Å². The number of aromatic nitrogens is 1. The Bertz CT molecular complexity index is 1010. The summed E-state index contributed by atoms with van der Waals surface area (Å²) in [7, 11) is -3.24. The van der Waals surface area contributed by atoms with E-state index in [4.69, 9.17) is 11.6 Å². The number of anilines is 1. The highest BCUT2D eigenvalue weighted by Crippen LogP contribution is 2.32. The molecule has 3 aromatic rings. The van der Waals surface area contributed by atoms with E-state index in [1.165, 1.54) is 22.7 Å². The van der Waals surface area contributed by atoms with Gasteiger partial charge in [-0.1, -0.05) is 41.9 Å². The number of thiazole rings is 1. The van der Waals surface area contributed by atoms with Crippen molar-refractivity contribution in [3.8, 4) is 10.6 Å². The Balaban J connectivity index is 1.46. The minimum absolute atomic E-state index is 0.00529. The van der Waals surface area contributed by atoms with Crippen LogP contribution in [0, 0.1) is 0 Å². The number of nitrogens with one attached hydrogen (secondary N) is 1. The van der Waals surface area contributed by atoms with Crippen LogP contribution in [0.25, 0.3) is 10.6 Å². The largest absolute Gasteiger partial charge is 0.302 e. The molecule has 0 aliphatic heterocycles. The summed E-state index contributed by atoms with van der Waals surface area (Å²) >= 11 is 8.67. The first-order chi connectivity index (χ1) is 12.9. The highest BCUT2D eigenvalue weighted by molar-refractivity contribution is 7.90. The minimum atomic E-state index is -3.24. The molecule has 1 N–H and O–H groups in total. The molecule has 0 spiro atoms. The molecule has 5 nitrogen and oxygen atoms in total. The molecule has 27 heavy (non-hydrogen) atoms. The third-order valence-electron chi connectivity index (χ3n) is 3.66. The molecule has 0 unspecified atom stereocenters. The number of carbonyl (C=O) groups is 1. The number of halogens is 1. The number of thiophene rings is 1.